The summed E-state index contributed by atoms with van der Waals surface area (Å²) in [6.07, 6.45) is 8.01. The number of unbranched alkanes of at least 4 members (excludes halogenated alkanes) is 2. The topological polar surface area (TPSA) is 119 Å². The lowest BCUT2D eigenvalue weighted by molar-refractivity contribution is -0.256. The van der Waals surface area contributed by atoms with Crippen LogP contribution in [0.4, 0.5) is 9.18 Å². The maximum atomic E-state index is 14.3. The Hall–Kier alpha value is -6.01. The first-order chi connectivity index (χ1) is 31.3. The number of ether oxygens (including phenoxy) is 4. The molecule has 6 unspecified atom stereocenters. The molecule has 5 aromatic carbocycles. The zero-order chi connectivity index (χ0) is 44.5. The Balaban J connectivity index is 1.32. The highest BCUT2D eigenvalue weighted by atomic mass is 19.1. The number of hydrogen-bond donors (Lipinski definition) is 2. The quantitative estimate of drug-likeness (QED) is 0.0478. The first-order valence-electron chi connectivity index (χ1n) is 22.4. The van der Waals surface area contributed by atoms with E-state index in [9.17, 15) is 19.4 Å². The van der Waals surface area contributed by atoms with Gasteiger partial charge < -0.3 is 34.0 Å². The Bertz CT molecular complexity index is 2440. The van der Waals surface area contributed by atoms with E-state index in [0.717, 1.165) is 53.2 Å². The number of oxime groups is 1. The number of nitrogens with zero attached hydrogens (tertiary/aromatic N) is 2. The third kappa shape index (κ3) is 9.57. The number of aliphatic hydroxyl groups is 2. The van der Waals surface area contributed by atoms with Crippen molar-refractivity contribution in [1.29, 1.82) is 0 Å². The summed E-state index contributed by atoms with van der Waals surface area (Å²) < 4.78 is 40.8. The van der Waals surface area contributed by atoms with E-state index in [-0.39, 0.29) is 57.1 Å². The summed E-state index contributed by atoms with van der Waals surface area (Å²) in [4.78, 5) is 22.1. The highest BCUT2D eigenvalue weighted by Gasteiger charge is 2.65. The van der Waals surface area contributed by atoms with Crippen molar-refractivity contribution in [1.82, 2.24) is 4.90 Å². The van der Waals surface area contributed by atoms with Crippen molar-refractivity contribution in [2.24, 2.45) is 22.9 Å². The number of fused-ring (bicyclic) bond motifs is 3. The number of carbonyl (C=O) groups excluding carboxylic acids is 1. The van der Waals surface area contributed by atoms with Crippen LogP contribution in [-0.2, 0) is 27.5 Å². The third-order valence-electron chi connectivity index (χ3n) is 12.9. The number of amides is 1. The van der Waals surface area contributed by atoms with Gasteiger partial charge in [0.1, 0.15) is 35.7 Å². The molecular weight excluding hydrogens is 812 g/mol. The largest absolute Gasteiger partial charge is 0.459 e. The molecular formula is C53H57FN2O8. The molecule has 0 saturated heterocycles. The van der Waals surface area contributed by atoms with Gasteiger partial charge in [-0.15, -0.1) is 6.58 Å². The highest BCUT2D eigenvalue weighted by molar-refractivity contribution is 6.03. The molecule has 2 N–H and O–H groups in total. The molecule has 2 aliphatic carbocycles. The van der Waals surface area contributed by atoms with Crippen LogP contribution in [0, 0.1) is 23.6 Å². The first kappa shape index (κ1) is 44.6. The molecule has 64 heavy (non-hydrogen) atoms. The lowest BCUT2D eigenvalue weighted by Crippen LogP contribution is -2.70. The molecule has 11 heteroatoms. The monoisotopic (exact) mass is 868 g/mol. The Kier molecular flexibility index (Phi) is 14.4. The summed E-state index contributed by atoms with van der Waals surface area (Å²) in [7, 11) is 1.34. The lowest BCUT2D eigenvalue weighted by Gasteiger charge is -2.59. The van der Waals surface area contributed by atoms with Gasteiger partial charge in [0.2, 0.25) is 5.79 Å². The molecule has 1 heterocycles. The van der Waals surface area contributed by atoms with E-state index in [0.29, 0.717) is 41.4 Å². The van der Waals surface area contributed by atoms with E-state index >= 15 is 0 Å². The Labute approximate surface area is 374 Å². The van der Waals surface area contributed by atoms with Gasteiger partial charge in [-0.05, 0) is 107 Å². The number of allylic oxidation sites excluding steroid dienone is 1. The summed E-state index contributed by atoms with van der Waals surface area (Å²) in [5.41, 5.74) is 4.12. The van der Waals surface area contributed by atoms with E-state index in [1.807, 2.05) is 72.8 Å². The van der Waals surface area contributed by atoms with Gasteiger partial charge in [0.05, 0.1) is 25.3 Å². The van der Waals surface area contributed by atoms with E-state index in [1.165, 1.54) is 19.2 Å². The molecule has 1 fully saturated rings. The van der Waals surface area contributed by atoms with Gasteiger partial charge in [-0.3, -0.25) is 4.90 Å². The minimum atomic E-state index is -1.50. The second-order valence-electron chi connectivity index (χ2n) is 16.9. The molecule has 1 amide bonds. The number of aliphatic hydroxyl groups excluding tert-OH is 2. The van der Waals surface area contributed by atoms with Crippen LogP contribution < -0.4 is 9.47 Å². The van der Waals surface area contributed by atoms with E-state index in [4.69, 9.17) is 28.9 Å². The predicted octanol–water partition coefficient (Wildman–Crippen LogP) is 10.9. The fourth-order valence-corrected chi connectivity index (χ4v) is 10.0. The van der Waals surface area contributed by atoms with Crippen molar-refractivity contribution >= 4 is 22.6 Å². The minimum absolute atomic E-state index is 0.0122. The average Bonchev–Trinajstić information content (AvgIpc) is 3.32. The van der Waals surface area contributed by atoms with E-state index in [2.05, 4.69) is 30.9 Å². The van der Waals surface area contributed by atoms with Crippen molar-refractivity contribution < 1.29 is 43.2 Å². The molecule has 0 bridgehead atoms. The molecule has 5 aromatic rings. The maximum Gasteiger partial charge on any atom is 0.410 e. The van der Waals surface area contributed by atoms with Crippen LogP contribution in [0.1, 0.15) is 67.6 Å². The number of hydrogen-bond acceptors (Lipinski definition) is 9. The standard InChI is InChI=1S/C53H57FN2O8/c1-3-29-61-53-49(56(52(59)60-2)34-36-19-22-41(54)23-20-36)33-47(55-62-35-37-13-5-4-6-14-37)45-31-40(17-9-11-27-57)44(18-10-12-28-58)50(51(45)53)46-32-43(25-26-48(46)64-53)63-42-24-21-38-15-7-8-16-39(38)30-42/h3-8,13-16,19-26,30-32,40,44,49-51,57-58H,1,9-12,17-18,27-29,33-35H2,2H3. The SMILES string of the molecule is C=CCOC12Oc3ccc(Oc4ccc5ccccc5c4)cc3C3C(CCCCO)C(CCCCO)C=C(C(=NOCc4ccccc4)CC1N(Cc1ccc(F)cc1)C(=O)OC)C32. The fraction of sp³-hybridized carbons (Fsp3) is 0.358. The molecule has 0 spiro atoms. The average molecular weight is 869 g/mol. The van der Waals surface area contributed by atoms with Crippen molar-refractivity contribution in [3.63, 3.8) is 0 Å². The smallest absolute Gasteiger partial charge is 0.410 e. The van der Waals surface area contributed by atoms with Crippen LogP contribution in [0.5, 0.6) is 17.2 Å². The first-order valence-corrected chi connectivity index (χ1v) is 22.4. The summed E-state index contributed by atoms with van der Waals surface area (Å²) in [6.45, 7) is 4.57. The molecule has 3 aliphatic rings. The molecule has 8 rings (SSSR count). The molecule has 0 radical (unpaired) electrons. The van der Waals surface area contributed by atoms with Crippen LogP contribution in [0.2, 0.25) is 0 Å². The Morgan fingerprint density at radius 1 is 0.875 bits per heavy atom. The fourth-order valence-electron chi connectivity index (χ4n) is 10.0. The van der Waals surface area contributed by atoms with Crippen molar-refractivity contribution in [2.75, 3.05) is 26.9 Å². The van der Waals surface area contributed by atoms with Crippen molar-refractivity contribution in [3.05, 3.63) is 162 Å². The van der Waals surface area contributed by atoms with Gasteiger partial charge in [-0.2, -0.15) is 0 Å². The molecule has 1 aliphatic heterocycles. The number of halogens is 1. The highest BCUT2D eigenvalue weighted by Crippen LogP contribution is 2.62. The van der Waals surface area contributed by atoms with Crippen LogP contribution in [0.3, 0.4) is 0 Å². The number of carbonyl (C=O) groups is 1. The second-order valence-corrected chi connectivity index (χ2v) is 16.9. The van der Waals surface area contributed by atoms with E-state index < -0.39 is 29.7 Å². The van der Waals surface area contributed by atoms with Crippen LogP contribution in [0.15, 0.2) is 145 Å². The molecule has 0 aromatic heterocycles. The summed E-state index contributed by atoms with van der Waals surface area (Å²) in [5, 5.41) is 27.1. The van der Waals surface area contributed by atoms with Gasteiger partial charge in [0, 0.05) is 37.7 Å². The number of methoxy groups -OCH3 is 1. The van der Waals surface area contributed by atoms with Gasteiger partial charge in [0.15, 0.2) is 0 Å². The maximum absolute atomic E-state index is 14.3. The van der Waals surface area contributed by atoms with Crippen molar-refractivity contribution in [2.45, 2.75) is 75.8 Å². The summed E-state index contributed by atoms with van der Waals surface area (Å²) in [6, 6.07) is 35.1. The molecule has 10 nitrogen and oxygen atoms in total. The normalized spacial score (nSPS) is 22.7. The van der Waals surface area contributed by atoms with Crippen molar-refractivity contribution in [3.8, 4) is 17.2 Å². The molecule has 334 valence electrons. The van der Waals surface area contributed by atoms with Crippen LogP contribution in [-0.4, -0.2) is 65.7 Å². The molecule has 6 atom stereocenters. The van der Waals surface area contributed by atoms with Gasteiger partial charge in [0.25, 0.3) is 0 Å². The Morgan fingerprint density at radius 3 is 2.34 bits per heavy atom. The Morgan fingerprint density at radius 2 is 1.59 bits per heavy atom. The summed E-state index contributed by atoms with van der Waals surface area (Å²) >= 11 is 0. The second kappa shape index (κ2) is 20.7. The van der Waals surface area contributed by atoms with Crippen LogP contribution in [0.25, 0.3) is 10.8 Å². The lowest BCUT2D eigenvalue weighted by atomic mass is 9.55. The third-order valence-corrected chi connectivity index (χ3v) is 12.9. The predicted molar refractivity (Wildman–Crippen MR) is 245 cm³/mol. The zero-order valence-electron chi connectivity index (χ0n) is 36.3. The number of rotatable bonds is 19. The zero-order valence-corrected chi connectivity index (χ0v) is 36.3. The number of benzene rings is 5. The molecule has 1 saturated carbocycles. The van der Waals surface area contributed by atoms with E-state index in [1.54, 1.807) is 23.1 Å². The minimum Gasteiger partial charge on any atom is -0.459 e. The van der Waals surface area contributed by atoms with Crippen LogP contribution >= 0.6 is 0 Å². The summed E-state index contributed by atoms with van der Waals surface area (Å²) in [5.74, 6) is -0.715. The van der Waals surface area contributed by atoms with Gasteiger partial charge >= 0.3 is 6.09 Å². The van der Waals surface area contributed by atoms with Gasteiger partial charge in [-0.25, -0.2) is 9.18 Å². The van der Waals surface area contributed by atoms with Gasteiger partial charge in [-0.1, -0.05) is 103 Å².